The highest BCUT2D eigenvalue weighted by atomic mass is 16.6. The van der Waals surface area contributed by atoms with Crippen LogP contribution in [0.1, 0.15) is 17.7 Å². The molecule has 2 aromatic rings. The van der Waals surface area contributed by atoms with Crippen LogP contribution in [-0.2, 0) is 4.79 Å². The van der Waals surface area contributed by atoms with Gasteiger partial charge in [0.15, 0.2) is 0 Å². The van der Waals surface area contributed by atoms with Gasteiger partial charge >= 0.3 is 0 Å². The van der Waals surface area contributed by atoms with Gasteiger partial charge in [-0.1, -0.05) is 0 Å². The SMILES string of the molecule is Nc1nc(O)c(C2=C3C(=Nc4ccc([N+](=O)[O-])cc43)C(=O)NCC2)[nH]1. The molecule has 0 fully saturated rings. The van der Waals surface area contributed by atoms with Crippen molar-refractivity contribution in [2.45, 2.75) is 6.42 Å². The summed E-state index contributed by atoms with van der Waals surface area (Å²) in [5, 5.41) is 23.9. The summed E-state index contributed by atoms with van der Waals surface area (Å²) >= 11 is 0. The lowest BCUT2D eigenvalue weighted by molar-refractivity contribution is -0.384. The van der Waals surface area contributed by atoms with Gasteiger partial charge in [-0.25, -0.2) is 4.99 Å². The predicted molar refractivity (Wildman–Crippen MR) is 89.3 cm³/mol. The zero-order valence-electron chi connectivity index (χ0n) is 12.7. The summed E-state index contributed by atoms with van der Waals surface area (Å²) < 4.78 is 0. The molecule has 0 saturated carbocycles. The van der Waals surface area contributed by atoms with E-state index in [9.17, 15) is 20.0 Å². The standard InChI is InChI=1S/C15H12N6O4/c16-15-19-11(14(23)20-15)7-3-4-17-13(22)12-10(7)8-5-6(21(24)25)1-2-9(8)18-12/h1-2,5,23H,3-4H2,(H,17,22)(H3,16,19,20). The number of H-pyrrole nitrogens is 1. The van der Waals surface area contributed by atoms with Crippen molar-refractivity contribution in [2.75, 3.05) is 12.3 Å². The van der Waals surface area contributed by atoms with Gasteiger partial charge < -0.3 is 21.1 Å². The molecule has 10 heteroatoms. The minimum Gasteiger partial charge on any atom is -0.492 e. The molecule has 0 atom stereocenters. The number of amides is 1. The van der Waals surface area contributed by atoms with E-state index in [1.807, 2.05) is 0 Å². The number of anilines is 1. The fourth-order valence-electron chi connectivity index (χ4n) is 3.06. The average Bonchev–Trinajstić information content (AvgIpc) is 3.06. The van der Waals surface area contributed by atoms with E-state index in [2.05, 4.69) is 20.3 Å². The van der Waals surface area contributed by atoms with Crippen molar-refractivity contribution >= 4 is 40.1 Å². The number of nitrogen functional groups attached to an aromatic ring is 1. The maximum Gasteiger partial charge on any atom is 0.270 e. The van der Waals surface area contributed by atoms with Crippen molar-refractivity contribution in [3.63, 3.8) is 0 Å². The molecule has 0 saturated heterocycles. The Morgan fingerprint density at radius 3 is 2.84 bits per heavy atom. The predicted octanol–water partition coefficient (Wildman–Crippen LogP) is 1.12. The fourth-order valence-corrected chi connectivity index (χ4v) is 3.06. The number of benzene rings is 1. The topological polar surface area (TPSA) is 160 Å². The lowest BCUT2D eigenvalue weighted by Gasteiger charge is -2.09. The van der Waals surface area contributed by atoms with Crippen molar-refractivity contribution in [1.29, 1.82) is 0 Å². The molecule has 0 radical (unpaired) electrons. The minimum atomic E-state index is -0.513. The number of fused-ring (bicyclic) bond motifs is 3. The number of nitro benzene ring substituents is 1. The maximum absolute atomic E-state index is 12.3. The fraction of sp³-hybridized carbons (Fsp3) is 0.133. The van der Waals surface area contributed by atoms with Gasteiger partial charge in [0.2, 0.25) is 11.8 Å². The molecule has 0 unspecified atom stereocenters. The zero-order valence-corrected chi connectivity index (χ0v) is 12.7. The molecule has 4 rings (SSSR count). The van der Waals surface area contributed by atoms with Gasteiger partial charge in [-0.3, -0.25) is 14.9 Å². The van der Waals surface area contributed by atoms with Crippen molar-refractivity contribution in [3.05, 3.63) is 39.6 Å². The van der Waals surface area contributed by atoms with E-state index in [0.717, 1.165) is 0 Å². The van der Waals surface area contributed by atoms with Crippen LogP contribution in [-0.4, -0.2) is 38.2 Å². The van der Waals surface area contributed by atoms with Gasteiger partial charge in [0, 0.05) is 29.8 Å². The molecule has 2 aliphatic heterocycles. The number of imidazole rings is 1. The van der Waals surface area contributed by atoms with Crippen LogP contribution >= 0.6 is 0 Å². The van der Waals surface area contributed by atoms with Gasteiger partial charge in [0.25, 0.3) is 11.6 Å². The largest absolute Gasteiger partial charge is 0.492 e. The quantitative estimate of drug-likeness (QED) is 0.473. The third-order valence-corrected chi connectivity index (χ3v) is 4.11. The Labute approximate surface area is 140 Å². The first-order chi connectivity index (χ1) is 12.0. The van der Waals surface area contributed by atoms with Gasteiger partial charge in [-0.05, 0) is 18.1 Å². The van der Waals surface area contributed by atoms with Crippen LogP contribution in [0.25, 0.3) is 11.1 Å². The van der Waals surface area contributed by atoms with Crippen LogP contribution in [0.5, 0.6) is 5.88 Å². The summed E-state index contributed by atoms with van der Waals surface area (Å²) in [5.74, 6) is -0.650. The molecule has 126 valence electrons. The van der Waals surface area contributed by atoms with Crippen LogP contribution in [0.2, 0.25) is 0 Å². The second kappa shape index (κ2) is 5.16. The summed E-state index contributed by atoms with van der Waals surface area (Å²) in [6, 6.07) is 4.20. The number of rotatable bonds is 2. The van der Waals surface area contributed by atoms with E-state index < -0.39 is 4.92 Å². The van der Waals surface area contributed by atoms with Gasteiger partial charge in [0.05, 0.1) is 10.6 Å². The number of carbonyl (C=O) groups is 1. The molecule has 0 bridgehead atoms. The number of aromatic nitrogens is 2. The molecule has 5 N–H and O–H groups in total. The smallest absolute Gasteiger partial charge is 0.270 e. The average molecular weight is 340 g/mol. The number of hydrogen-bond donors (Lipinski definition) is 4. The van der Waals surface area contributed by atoms with Crippen LogP contribution in [0.3, 0.4) is 0 Å². The highest BCUT2D eigenvalue weighted by Gasteiger charge is 2.34. The Hall–Kier alpha value is -3.69. The molecule has 0 spiro atoms. The lowest BCUT2D eigenvalue weighted by atomic mass is 9.93. The Balaban J connectivity index is 2.01. The van der Waals surface area contributed by atoms with Gasteiger partial charge in [-0.2, -0.15) is 4.98 Å². The number of carbonyl (C=O) groups excluding carboxylic acids is 1. The summed E-state index contributed by atoms with van der Waals surface area (Å²) in [4.78, 5) is 33.7. The summed E-state index contributed by atoms with van der Waals surface area (Å²) in [5.41, 5.74) is 7.83. The third kappa shape index (κ3) is 2.23. The van der Waals surface area contributed by atoms with Crippen LogP contribution in [0, 0.1) is 10.1 Å². The highest BCUT2D eigenvalue weighted by molar-refractivity contribution is 6.60. The van der Waals surface area contributed by atoms with Gasteiger partial charge in [0.1, 0.15) is 11.4 Å². The first kappa shape index (κ1) is 14.9. The number of hydrogen-bond acceptors (Lipinski definition) is 7. The summed E-state index contributed by atoms with van der Waals surface area (Å²) in [6.07, 6.45) is 0.372. The first-order valence-corrected chi connectivity index (χ1v) is 7.39. The number of nitrogens with one attached hydrogen (secondary N) is 2. The monoisotopic (exact) mass is 340 g/mol. The normalized spacial score (nSPS) is 16.0. The Kier molecular flexibility index (Phi) is 3.07. The van der Waals surface area contributed by atoms with E-state index in [4.69, 9.17) is 5.73 Å². The number of nitro groups is 1. The molecular formula is C15H12N6O4. The van der Waals surface area contributed by atoms with E-state index in [-0.39, 0.29) is 34.8 Å². The molecule has 3 heterocycles. The molecule has 10 nitrogen and oxygen atoms in total. The van der Waals surface area contributed by atoms with Gasteiger partial charge in [-0.15, -0.1) is 0 Å². The van der Waals surface area contributed by atoms with Crippen molar-refractivity contribution < 1.29 is 14.8 Å². The molecular weight excluding hydrogens is 328 g/mol. The number of aliphatic imine (C=N–C) groups is 1. The summed E-state index contributed by atoms with van der Waals surface area (Å²) in [6.45, 7) is 0.319. The van der Waals surface area contributed by atoms with E-state index >= 15 is 0 Å². The molecule has 1 aromatic carbocycles. The van der Waals surface area contributed by atoms with Crippen molar-refractivity contribution in [1.82, 2.24) is 15.3 Å². The van der Waals surface area contributed by atoms with Crippen LogP contribution < -0.4 is 11.1 Å². The Morgan fingerprint density at radius 2 is 2.16 bits per heavy atom. The number of aromatic amines is 1. The molecule has 1 aromatic heterocycles. The Bertz CT molecular complexity index is 1000. The van der Waals surface area contributed by atoms with Crippen LogP contribution in [0.4, 0.5) is 17.3 Å². The molecule has 2 aliphatic rings. The van der Waals surface area contributed by atoms with Crippen LogP contribution in [0.15, 0.2) is 23.2 Å². The minimum absolute atomic E-state index is 0.0277. The second-order valence-corrected chi connectivity index (χ2v) is 5.60. The number of non-ortho nitro benzene ring substituents is 1. The molecule has 25 heavy (non-hydrogen) atoms. The van der Waals surface area contributed by atoms with Crippen molar-refractivity contribution in [3.8, 4) is 5.88 Å². The third-order valence-electron chi connectivity index (χ3n) is 4.11. The Morgan fingerprint density at radius 1 is 1.36 bits per heavy atom. The highest BCUT2D eigenvalue weighted by Crippen LogP contribution is 2.43. The second-order valence-electron chi connectivity index (χ2n) is 5.60. The summed E-state index contributed by atoms with van der Waals surface area (Å²) in [7, 11) is 0. The maximum atomic E-state index is 12.3. The van der Waals surface area contributed by atoms with Crippen molar-refractivity contribution in [2.24, 2.45) is 4.99 Å². The molecule has 1 amide bonds. The molecule has 0 aliphatic carbocycles. The zero-order chi connectivity index (χ0) is 17.7. The lowest BCUT2D eigenvalue weighted by Crippen LogP contribution is -2.29. The van der Waals surface area contributed by atoms with E-state index in [0.29, 0.717) is 35.4 Å². The first-order valence-electron chi connectivity index (χ1n) is 7.39. The van der Waals surface area contributed by atoms with E-state index in [1.54, 1.807) is 0 Å². The number of nitrogens with two attached hydrogens (primary N) is 1. The number of aromatic hydroxyl groups is 1. The number of nitrogens with zero attached hydrogens (tertiary/aromatic N) is 3. The van der Waals surface area contributed by atoms with E-state index in [1.165, 1.54) is 18.2 Å².